The predicted octanol–water partition coefficient (Wildman–Crippen LogP) is 2.14. The van der Waals surface area contributed by atoms with Crippen LogP contribution in [0, 0.1) is 12.7 Å². The minimum Gasteiger partial charge on any atom is -0.339 e. The van der Waals surface area contributed by atoms with E-state index in [0.29, 0.717) is 16.9 Å². The lowest BCUT2D eigenvalue weighted by molar-refractivity contribution is 0.0702. The lowest BCUT2D eigenvalue weighted by Crippen LogP contribution is -2.44. The third-order valence-corrected chi connectivity index (χ3v) is 4.50. The van der Waals surface area contributed by atoms with E-state index in [0.717, 1.165) is 25.9 Å². The van der Waals surface area contributed by atoms with Gasteiger partial charge in [0.15, 0.2) is 0 Å². The third kappa shape index (κ3) is 2.99. The minimum atomic E-state index is -0.357. The van der Waals surface area contributed by atoms with Gasteiger partial charge in [-0.3, -0.25) is 4.79 Å². The number of piperidine rings is 1. The Morgan fingerprint density at radius 1 is 1.35 bits per heavy atom. The second kappa shape index (κ2) is 6.50. The molecule has 1 aromatic carbocycles. The third-order valence-electron chi connectivity index (χ3n) is 4.50. The highest BCUT2D eigenvalue weighted by atomic mass is 19.1. The molecule has 1 N–H and O–H groups in total. The summed E-state index contributed by atoms with van der Waals surface area (Å²) in [5.41, 5.74) is 1.53. The number of hydrogen-bond acceptors (Lipinski definition) is 3. The monoisotopic (exact) mass is 316 g/mol. The molecule has 1 saturated heterocycles. The molecule has 122 valence electrons. The van der Waals surface area contributed by atoms with Crippen LogP contribution in [0.15, 0.2) is 30.5 Å². The summed E-state index contributed by atoms with van der Waals surface area (Å²) in [6.07, 6.45) is 3.42. The predicted molar refractivity (Wildman–Crippen MR) is 86.2 cm³/mol. The van der Waals surface area contributed by atoms with Gasteiger partial charge < -0.3 is 10.2 Å². The highest BCUT2D eigenvalue weighted by Gasteiger charge is 2.25. The lowest BCUT2D eigenvalue weighted by Gasteiger charge is -2.31. The fourth-order valence-electron chi connectivity index (χ4n) is 3.04. The van der Waals surface area contributed by atoms with Gasteiger partial charge in [-0.15, -0.1) is 0 Å². The Morgan fingerprint density at radius 3 is 2.74 bits per heavy atom. The molecule has 6 heteroatoms. The largest absolute Gasteiger partial charge is 0.339 e. The standard InChI is InChI=1S/C17H21FN4O/c1-12-14(17(23)21(2)13-7-9-19-10-8-13)11-20-22(12)16-6-4-3-5-15(16)18/h3-6,11,13,19H,7-10H2,1-2H3. The molecule has 5 nitrogen and oxygen atoms in total. The number of aromatic nitrogens is 2. The zero-order valence-corrected chi connectivity index (χ0v) is 13.4. The topological polar surface area (TPSA) is 50.2 Å². The molecule has 0 aliphatic carbocycles. The summed E-state index contributed by atoms with van der Waals surface area (Å²) in [6, 6.07) is 6.66. The van der Waals surface area contributed by atoms with Gasteiger partial charge in [-0.25, -0.2) is 9.07 Å². The first-order valence-electron chi connectivity index (χ1n) is 7.87. The molecule has 2 heterocycles. The van der Waals surface area contributed by atoms with Crippen LogP contribution in [-0.4, -0.2) is 46.8 Å². The molecule has 2 aromatic rings. The van der Waals surface area contributed by atoms with Gasteiger partial charge in [-0.05, 0) is 45.0 Å². The molecule has 1 aromatic heterocycles. The van der Waals surface area contributed by atoms with Gasteiger partial charge in [0.2, 0.25) is 0 Å². The fourth-order valence-corrected chi connectivity index (χ4v) is 3.04. The van der Waals surface area contributed by atoms with Gasteiger partial charge in [0.1, 0.15) is 11.5 Å². The van der Waals surface area contributed by atoms with Crippen LogP contribution in [0.5, 0.6) is 0 Å². The molecule has 1 fully saturated rings. The van der Waals surface area contributed by atoms with Crippen LogP contribution in [0.25, 0.3) is 5.69 Å². The molecule has 1 aliphatic heterocycles. The van der Waals surface area contributed by atoms with Crippen LogP contribution >= 0.6 is 0 Å². The Morgan fingerprint density at radius 2 is 2.04 bits per heavy atom. The number of amides is 1. The highest BCUT2D eigenvalue weighted by Crippen LogP contribution is 2.20. The van der Waals surface area contributed by atoms with Gasteiger partial charge in [-0.2, -0.15) is 5.10 Å². The number of nitrogens with one attached hydrogen (secondary N) is 1. The average Bonchev–Trinajstić information content (AvgIpc) is 2.96. The molecule has 0 saturated carbocycles. The molecular formula is C17H21FN4O. The van der Waals surface area contributed by atoms with Crippen molar-refractivity contribution in [2.45, 2.75) is 25.8 Å². The maximum atomic E-state index is 14.0. The number of nitrogens with zero attached hydrogens (tertiary/aromatic N) is 3. The number of para-hydroxylation sites is 1. The average molecular weight is 316 g/mol. The van der Waals surface area contributed by atoms with Gasteiger partial charge in [0, 0.05) is 13.1 Å². The van der Waals surface area contributed by atoms with Crippen molar-refractivity contribution in [1.29, 1.82) is 0 Å². The molecular weight excluding hydrogens is 295 g/mol. The fraction of sp³-hybridized carbons (Fsp3) is 0.412. The number of rotatable bonds is 3. The first kappa shape index (κ1) is 15.7. The zero-order valence-electron chi connectivity index (χ0n) is 13.4. The molecule has 23 heavy (non-hydrogen) atoms. The summed E-state index contributed by atoms with van der Waals surface area (Å²) in [5.74, 6) is -0.415. The van der Waals surface area contributed by atoms with Crippen molar-refractivity contribution in [2.75, 3.05) is 20.1 Å². The molecule has 0 spiro atoms. The second-order valence-corrected chi connectivity index (χ2v) is 5.90. The second-order valence-electron chi connectivity index (χ2n) is 5.90. The molecule has 0 unspecified atom stereocenters. The van der Waals surface area contributed by atoms with Crippen molar-refractivity contribution < 1.29 is 9.18 Å². The summed E-state index contributed by atoms with van der Waals surface area (Å²) in [4.78, 5) is 14.5. The van der Waals surface area contributed by atoms with Crippen molar-refractivity contribution in [1.82, 2.24) is 20.0 Å². The van der Waals surface area contributed by atoms with Crippen LogP contribution in [0.3, 0.4) is 0 Å². The summed E-state index contributed by atoms with van der Waals surface area (Å²) in [7, 11) is 1.83. The Labute approximate surface area is 135 Å². The summed E-state index contributed by atoms with van der Waals surface area (Å²) in [6.45, 7) is 3.65. The van der Waals surface area contributed by atoms with E-state index in [9.17, 15) is 9.18 Å². The highest BCUT2D eigenvalue weighted by molar-refractivity contribution is 5.95. The Bertz CT molecular complexity index is 706. The molecule has 0 bridgehead atoms. The summed E-state index contributed by atoms with van der Waals surface area (Å²) < 4.78 is 15.4. The number of carbonyl (C=O) groups is 1. The number of hydrogen-bond donors (Lipinski definition) is 1. The SMILES string of the molecule is Cc1c(C(=O)N(C)C2CCNCC2)cnn1-c1ccccc1F. The number of benzene rings is 1. The summed E-state index contributed by atoms with van der Waals surface area (Å²) >= 11 is 0. The van der Waals surface area contributed by atoms with E-state index in [1.54, 1.807) is 30.0 Å². The van der Waals surface area contributed by atoms with Crippen LogP contribution < -0.4 is 5.32 Å². The Hall–Kier alpha value is -2.21. The first-order chi connectivity index (χ1) is 11.1. The molecule has 1 amide bonds. The van der Waals surface area contributed by atoms with E-state index in [4.69, 9.17) is 0 Å². The van der Waals surface area contributed by atoms with E-state index >= 15 is 0 Å². The molecule has 0 radical (unpaired) electrons. The smallest absolute Gasteiger partial charge is 0.257 e. The van der Waals surface area contributed by atoms with E-state index in [1.165, 1.54) is 16.9 Å². The lowest BCUT2D eigenvalue weighted by atomic mass is 10.0. The minimum absolute atomic E-state index is 0.0583. The van der Waals surface area contributed by atoms with E-state index in [1.807, 2.05) is 7.05 Å². The van der Waals surface area contributed by atoms with Crippen molar-refractivity contribution >= 4 is 5.91 Å². The molecule has 0 atom stereocenters. The number of carbonyl (C=O) groups excluding carboxylic acids is 1. The van der Waals surface area contributed by atoms with E-state index < -0.39 is 0 Å². The Kier molecular flexibility index (Phi) is 4.43. The van der Waals surface area contributed by atoms with E-state index in [-0.39, 0.29) is 17.8 Å². The van der Waals surface area contributed by atoms with Gasteiger partial charge in [0.05, 0.1) is 17.5 Å². The summed E-state index contributed by atoms with van der Waals surface area (Å²) in [5, 5.41) is 7.51. The van der Waals surface area contributed by atoms with E-state index in [2.05, 4.69) is 10.4 Å². The maximum absolute atomic E-state index is 14.0. The van der Waals surface area contributed by atoms with Gasteiger partial charge >= 0.3 is 0 Å². The normalized spacial score (nSPS) is 15.6. The van der Waals surface area contributed by atoms with Crippen molar-refractivity contribution in [3.05, 3.63) is 47.5 Å². The van der Waals surface area contributed by atoms with Crippen LogP contribution in [-0.2, 0) is 0 Å². The van der Waals surface area contributed by atoms with Crippen LogP contribution in [0.1, 0.15) is 28.9 Å². The van der Waals surface area contributed by atoms with Crippen molar-refractivity contribution in [3.63, 3.8) is 0 Å². The number of halogens is 1. The van der Waals surface area contributed by atoms with Crippen molar-refractivity contribution in [2.24, 2.45) is 0 Å². The zero-order chi connectivity index (χ0) is 16.4. The first-order valence-corrected chi connectivity index (χ1v) is 7.87. The van der Waals surface area contributed by atoms with Gasteiger partial charge in [-0.1, -0.05) is 12.1 Å². The molecule has 3 rings (SSSR count). The Balaban J connectivity index is 1.86. The maximum Gasteiger partial charge on any atom is 0.257 e. The molecule has 1 aliphatic rings. The van der Waals surface area contributed by atoms with Crippen LogP contribution in [0.4, 0.5) is 4.39 Å². The van der Waals surface area contributed by atoms with Crippen LogP contribution in [0.2, 0.25) is 0 Å². The quantitative estimate of drug-likeness (QED) is 0.944. The van der Waals surface area contributed by atoms with Crippen molar-refractivity contribution in [3.8, 4) is 5.69 Å². The van der Waals surface area contributed by atoms with Gasteiger partial charge in [0.25, 0.3) is 5.91 Å².